The lowest BCUT2D eigenvalue weighted by atomic mass is 10.3. The normalized spacial score (nSPS) is 10.4. The molecule has 0 spiro atoms. The summed E-state index contributed by atoms with van der Waals surface area (Å²) in [6, 6.07) is 1.78. The lowest BCUT2D eigenvalue weighted by Gasteiger charge is -1.84. The highest BCUT2D eigenvalue weighted by Crippen LogP contribution is 2.27. The van der Waals surface area contributed by atoms with Crippen LogP contribution >= 0.6 is 27.3 Å². The van der Waals surface area contributed by atoms with Crippen molar-refractivity contribution in [2.45, 2.75) is 0 Å². The summed E-state index contributed by atoms with van der Waals surface area (Å²) in [7, 11) is 0. The number of hydrogen-bond acceptors (Lipinski definition) is 5. The number of rotatable bonds is 2. The number of halogens is 1. The van der Waals surface area contributed by atoms with Gasteiger partial charge in [-0.05, 0) is 22.0 Å². The fourth-order valence-electron chi connectivity index (χ4n) is 0.849. The van der Waals surface area contributed by atoms with E-state index >= 15 is 0 Å². The molecule has 5 nitrogen and oxygen atoms in total. The molecule has 0 saturated heterocycles. The first-order valence-corrected chi connectivity index (χ1v) is 5.15. The zero-order valence-electron chi connectivity index (χ0n) is 6.60. The van der Waals surface area contributed by atoms with E-state index in [-0.39, 0.29) is 5.89 Å². The van der Waals surface area contributed by atoms with Crippen molar-refractivity contribution >= 4 is 33.2 Å². The molecule has 0 unspecified atom stereocenters. The van der Waals surface area contributed by atoms with Gasteiger partial charge in [0.1, 0.15) is 0 Å². The number of hydrogen-bond donors (Lipinski definition) is 1. The molecule has 2 rings (SSSR count). The molecule has 72 valence electrons. The molecule has 0 aliphatic heterocycles. The number of carbonyl (C=O) groups is 1. The molecule has 0 atom stereocenters. The first kappa shape index (κ1) is 9.35. The van der Waals surface area contributed by atoms with Gasteiger partial charge >= 0.3 is 11.9 Å². The van der Waals surface area contributed by atoms with Gasteiger partial charge < -0.3 is 9.52 Å². The molecule has 7 heteroatoms. The molecular formula is C7H3BrN2O3S. The van der Waals surface area contributed by atoms with Crippen LogP contribution in [0, 0.1) is 0 Å². The third-order valence-corrected chi connectivity index (χ3v) is 2.93. The standard InChI is InChI=1S/C7H3BrN2O3S/c8-4-1-3(2-14-4)5-9-10-6(13-5)7(11)12/h1-2H,(H,11,12). The van der Waals surface area contributed by atoms with Crippen LogP contribution in [-0.4, -0.2) is 21.3 Å². The van der Waals surface area contributed by atoms with Gasteiger partial charge in [0.2, 0.25) is 5.89 Å². The average molecular weight is 275 g/mol. The van der Waals surface area contributed by atoms with E-state index in [1.54, 1.807) is 11.4 Å². The predicted molar refractivity (Wildman–Crippen MR) is 52.3 cm³/mol. The molecule has 2 heterocycles. The zero-order chi connectivity index (χ0) is 10.1. The van der Waals surface area contributed by atoms with E-state index in [1.165, 1.54) is 11.3 Å². The van der Waals surface area contributed by atoms with E-state index in [9.17, 15) is 4.79 Å². The van der Waals surface area contributed by atoms with E-state index in [1.807, 2.05) is 0 Å². The number of aromatic carboxylic acids is 1. The lowest BCUT2D eigenvalue weighted by Crippen LogP contribution is -1.95. The van der Waals surface area contributed by atoms with Gasteiger partial charge in [0, 0.05) is 5.38 Å². The smallest absolute Gasteiger partial charge is 0.393 e. The van der Waals surface area contributed by atoms with Crippen molar-refractivity contribution in [3.63, 3.8) is 0 Å². The van der Waals surface area contributed by atoms with E-state index in [2.05, 4.69) is 26.1 Å². The molecule has 0 saturated carbocycles. The Morgan fingerprint density at radius 2 is 2.36 bits per heavy atom. The second kappa shape index (κ2) is 3.50. The van der Waals surface area contributed by atoms with Gasteiger partial charge in [-0.1, -0.05) is 0 Å². The van der Waals surface area contributed by atoms with Gasteiger partial charge in [0.05, 0.1) is 9.35 Å². The molecule has 0 bridgehead atoms. The molecule has 2 aromatic rings. The van der Waals surface area contributed by atoms with Gasteiger partial charge in [-0.2, -0.15) is 0 Å². The maximum atomic E-state index is 10.4. The minimum absolute atomic E-state index is 0.212. The van der Waals surface area contributed by atoms with E-state index in [0.717, 1.165) is 3.79 Å². The minimum atomic E-state index is -1.22. The number of nitrogens with zero attached hydrogens (tertiary/aromatic N) is 2. The van der Waals surface area contributed by atoms with Crippen LogP contribution in [0.3, 0.4) is 0 Å². The van der Waals surface area contributed by atoms with Crippen molar-refractivity contribution in [2.24, 2.45) is 0 Å². The Morgan fingerprint density at radius 1 is 1.57 bits per heavy atom. The Labute approximate surface area is 90.5 Å². The van der Waals surface area contributed by atoms with Crippen molar-refractivity contribution in [3.8, 4) is 11.5 Å². The Kier molecular flexibility index (Phi) is 2.34. The van der Waals surface area contributed by atoms with E-state index < -0.39 is 11.9 Å². The van der Waals surface area contributed by atoms with Gasteiger partial charge in [-0.15, -0.1) is 21.5 Å². The first-order valence-electron chi connectivity index (χ1n) is 3.48. The van der Waals surface area contributed by atoms with Crippen molar-refractivity contribution in [3.05, 3.63) is 21.1 Å². The summed E-state index contributed by atoms with van der Waals surface area (Å²) in [5, 5.41) is 17.3. The SMILES string of the molecule is O=C(O)c1nnc(-c2csc(Br)c2)o1. The monoisotopic (exact) mass is 274 g/mol. The van der Waals surface area contributed by atoms with Gasteiger partial charge in [0.25, 0.3) is 0 Å². The lowest BCUT2D eigenvalue weighted by molar-refractivity contribution is 0.0654. The third kappa shape index (κ3) is 1.68. The Hall–Kier alpha value is -1.21. The molecule has 2 aromatic heterocycles. The van der Waals surface area contributed by atoms with E-state index in [4.69, 9.17) is 9.52 Å². The summed E-state index contributed by atoms with van der Waals surface area (Å²) in [4.78, 5) is 10.4. The highest BCUT2D eigenvalue weighted by Gasteiger charge is 2.14. The fraction of sp³-hybridized carbons (Fsp3) is 0. The van der Waals surface area contributed by atoms with Gasteiger partial charge in [-0.25, -0.2) is 4.79 Å². The van der Waals surface area contributed by atoms with Crippen LogP contribution in [0.1, 0.15) is 10.7 Å². The maximum absolute atomic E-state index is 10.4. The maximum Gasteiger partial charge on any atom is 0.393 e. The average Bonchev–Trinajstić information content (AvgIpc) is 2.70. The topological polar surface area (TPSA) is 76.2 Å². The van der Waals surface area contributed by atoms with Crippen LogP contribution in [0.5, 0.6) is 0 Å². The van der Waals surface area contributed by atoms with Crippen molar-refractivity contribution < 1.29 is 14.3 Å². The quantitative estimate of drug-likeness (QED) is 0.909. The van der Waals surface area contributed by atoms with Crippen LogP contribution in [-0.2, 0) is 0 Å². The van der Waals surface area contributed by atoms with Crippen LogP contribution in [0.2, 0.25) is 0 Å². The summed E-state index contributed by atoms with van der Waals surface area (Å²) in [6.07, 6.45) is 0. The van der Waals surface area contributed by atoms with Gasteiger partial charge in [0.15, 0.2) is 0 Å². The van der Waals surface area contributed by atoms with Crippen molar-refractivity contribution in [1.82, 2.24) is 10.2 Å². The second-order valence-electron chi connectivity index (χ2n) is 2.36. The summed E-state index contributed by atoms with van der Waals surface area (Å²) < 4.78 is 5.83. The molecular weight excluding hydrogens is 272 g/mol. The highest BCUT2D eigenvalue weighted by atomic mass is 79.9. The van der Waals surface area contributed by atoms with Crippen LogP contribution < -0.4 is 0 Å². The van der Waals surface area contributed by atoms with Gasteiger partial charge in [-0.3, -0.25) is 0 Å². The number of carboxylic acids is 1. The summed E-state index contributed by atoms with van der Waals surface area (Å²) in [5.74, 6) is -1.41. The molecule has 0 radical (unpaired) electrons. The largest absolute Gasteiger partial charge is 0.474 e. The van der Waals surface area contributed by atoms with Crippen LogP contribution in [0.4, 0.5) is 0 Å². The zero-order valence-corrected chi connectivity index (χ0v) is 9.00. The fourth-order valence-corrected chi connectivity index (χ4v) is 1.98. The van der Waals surface area contributed by atoms with Crippen LogP contribution in [0.15, 0.2) is 19.6 Å². The summed E-state index contributed by atoms with van der Waals surface area (Å²) in [5.41, 5.74) is 0.710. The summed E-state index contributed by atoms with van der Waals surface area (Å²) in [6.45, 7) is 0. The number of thiophene rings is 1. The van der Waals surface area contributed by atoms with Crippen LogP contribution in [0.25, 0.3) is 11.5 Å². The Morgan fingerprint density at radius 3 is 2.86 bits per heavy atom. The molecule has 0 aliphatic rings. The molecule has 14 heavy (non-hydrogen) atoms. The molecule has 0 aliphatic carbocycles. The van der Waals surface area contributed by atoms with Crippen molar-refractivity contribution in [2.75, 3.05) is 0 Å². The Balaban J connectivity index is 2.38. The second-order valence-corrected chi connectivity index (χ2v) is 4.65. The predicted octanol–water partition coefficient (Wildman–Crippen LogP) is 2.26. The number of carboxylic acid groups (broad SMARTS) is 1. The molecule has 0 aromatic carbocycles. The minimum Gasteiger partial charge on any atom is -0.474 e. The molecule has 0 amide bonds. The first-order chi connectivity index (χ1) is 6.66. The van der Waals surface area contributed by atoms with E-state index in [0.29, 0.717) is 5.56 Å². The number of aromatic nitrogens is 2. The highest BCUT2D eigenvalue weighted by molar-refractivity contribution is 9.11. The molecule has 0 fully saturated rings. The molecule has 1 N–H and O–H groups in total. The third-order valence-electron chi connectivity index (χ3n) is 1.42. The van der Waals surface area contributed by atoms with Crippen molar-refractivity contribution in [1.29, 1.82) is 0 Å². The Bertz CT molecular complexity index is 479. The summed E-state index contributed by atoms with van der Waals surface area (Å²) >= 11 is 4.74.